The molecule has 140 valence electrons. The van der Waals surface area contributed by atoms with Crippen LogP contribution in [0.25, 0.3) is 16.7 Å². The van der Waals surface area contributed by atoms with Crippen molar-refractivity contribution in [3.8, 4) is 11.6 Å². The van der Waals surface area contributed by atoms with Crippen molar-refractivity contribution >= 4 is 22.7 Å². The van der Waals surface area contributed by atoms with Crippen LogP contribution >= 0.6 is 0 Å². The van der Waals surface area contributed by atoms with E-state index in [1.165, 1.54) is 23.0 Å². The maximum atomic E-state index is 12.2. The molecule has 0 aliphatic carbocycles. The van der Waals surface area contributed by atoms with E-state index in [9.17, 15) is 14.9 Å². The number of nitro benzene ring substituents is 1. The van der Waals surface area contributed by atoms with Crippen LogP contribution in [0.5, 0.6) is 5.88 Å². The van der Waals surface area contributed by atoms with E-state index < -0.39 is 10.9 Å². The van der Waals surface area contributed by atoms with Crippen molar-refractivity contribution in [2.45, 2.75) is 20.8 Å². The Kier molecular flexibility index (Phi) is 4.97. The van der Waals surface area contributed by atoms with Crippen LogP contribution in [-0.2, 0) is 4.74 Å². The first-order valence-electron chi connectivity index (χ1n) is 8.25. The number of hydrogen-bond acceptors (Lipinski definition) is 8. The number of nitrogens with zero attached hydrogens (tertiary/aromatic N) is 5. The standard InChI is InChI=1S/C17H17N5O5/c1-4-26-16-15(17(23)27-5-2)19-11-6-13(21-8-10(3)18-9-21)14(22(24)25)7-12(11)20-16/h6-9H,4-5H2,1-3H3. The lowest BCUT2D eigenvalue weighted by Gasteiger charge is -2.10. The lowest BCUT2D eigenvalue weighted by atomic mass is 10.2. The molecule has 0 N–H and O–H groups in total. The van der Waals surface area contributed by atoms with Crippen molar-refractivity contribution in [1.82, 2.24) is 19.5 Å². The zero-order valence-electron chi connectivity index (χ0n) is 15.0. The Hall–Kier alpha value is -3.56. The molecule has 0 aliphatic rings. The topological polar surface area (TPSA) is 122 Å². The van der Waals surface area contributed by atoms with Gasteiger partial charge in [-0.3, -0.25) is 14.7 Å². The zero-order valence-corrected chi connectivity index (χ0v) is 15.0. The monoisotopic (exact) mass is 371 g/mol. The summed E-state index contributed by atoms with van der Waals surface area (Å²) in [6.07, 6.45) is 3.13. The van der Waals surface area contributed by atoms with Gasteiger partial charge in [-0.2, -0.15) is 0 Å². The van der Waals surface area contributed by atoms with Crippen LogP contribution < -0.4 is 4.74 Å². The molecule has 0 atom stereocenters. The lowest BCUT2D eigenvalue weighted by Crippen LogP contribution is -2.12. The highest BCUT2D eigenvalue weighted by Crippen LogP contribution is 2.29. The number of fused-ring (bicyclic) bond motifs is 1. The average molecular weight is 371 g/mol. The van der Waals surface area contributed by atoms with Gasteiger partial charge < -0.3 is 9.47 Å². The third-order valence-corrected chi connectivity index (χ3v) is 3.66. The molecule has 0 unspecified atom stereocenters. The summed E-state index contributed by atoms with van der Waals surface area (Å²) in [5, 5.41) is 11.5. The number of ether oxygens (including phenoxy) is 2. The van der Waals surface area contributed by atoms with Crippen LogP contribution in [0, 0.1) is 17.0 Å². The van der Waals surface area contributed by atoms with E-state index in [-0.39, 0.29) is 41.7 Å². The van der Waals surface area contributed by atoms with Crippen molar-refractivity contribution in [2.24, 2.45) is 0 Å². The normalized spacial score (nSPS) is 10.8. The SMILES string of the molecule is CCOC(=O)c1nc2cc(-n3cnc(C)c3)c([N+](=O)[O-])cc2nc1OCC. The van der Waals surface area contributed by atoms with Gasteiger partial charge in [0.15, 0.2) is 0 Å². The molecular weight excluding hydrogens is 354 g/mol. The summed E-state index contributed by atoms with van der Waals surface area (Å²) >= 11 is 0. The van der Waals surface area contributed by atoms with Crippen LogP contribution in [0.2, 0.25) is 0 Å². The number of benzene rings is 1. The minimum Gasteiger partial charge on any atom is -0.476 e. The maximum absolute atomic E-state index is 12.2. The Labute approximate surface area is 153 Å². The van der Waals surface area contributed by atoms with Gasteiger partial charge in [0.25, 0.3) is 5.69 Å². The van der Waals surface area contributed by atoms with Crippen LogP contribution in [-0.4, -0.2) is 43.6 Å². The fourth-order valence-corrected chi connectivity index (χ4v) is 2.54. The molecule has 0 saturated carbocycles. The van der Waals surface area contributed by atoms with Gasteiger partial charge >= 0.3 is 5.97 Å². The molecular formula is C17H17N5O5. The van der Waals surface area contributed by atoms with E-state index >= 15 is 0 Å². The minimum atomic E-state index is -0.672. The Morgan fingerprint density at radius 3 is 2.56 bits per heavy atom. The summed E-state index contributed by atoms with van der Waals surface area (Å²) < 4.78 is 11.9. The predicted octanol–water partition coefficient (Wildman–Crippen LogP) is 2.61. The van der Waals surface area contributed by atoms with Crippen LogP contribution in [0.15, 0.2) is 24.7 Å². The molecule has 0 saturated heterocycles. The fraction of sp³-hybridized carbons (Fsp3) is 0.294. The average Bonchev–Trinajstić information content (AvgIpc) is 3.06. The first-order chi connectivity index (χ1) is 12.9. The molecule has 0 aliphatic heterocycles. The number of aryl methyl sites for hydroxylation is 1. The van der Waals surface area contributed by atoms with E-state index in [1.807, 2.05) is 0 Å². The summed E-state index contributed by atoms with van der Waals surface area (Å²) in [4.78, 5) is 35.8. The molecule has 27 heavy (non-hydrogen) atoms. The van der Waals surface area contributed by atoms with E-state index in [1.54, 1.807) is 27.0 Å². The number of hydrogen-bond donors (Lipinski definition) is 0. The summed E-state index contributed by atoms with van der Waals surface area (Å²) in [6, 6.07) is 2.78. The molecule has 2 heterocycles. The molecule has 0 fully saturated rings. The molecule has 3 rings (SSSR count). The number of carbonyl (C=O) groups excluding carboxylic acids is 1. The molecule has 2 aromatic heterocycles. The highest BCUT2D eigenvalue weighted by molar-refractivity contribution is 5.93. The highest BCUT2D eigenvalue weighted by atomic mass is 16.6. The summed E-state index contributed by atoms with van der Waals surface area (Å²) in [7, 11) is 0. The van der Waals surface area contributed by atoms with Gasteiger partial charge in [0.1, 0.15) is 5.69 Å². The Morgan fingerprint density at radius 1 is 1.22 bits per heavy atom. The Balaban J connectivity index is 2.26. The number of imidazole rings is 1. The molecule has 1 aromatic carbocycles. The van der Waals surface area contributed by atoms with Gasteiger partial charge in [-0.25, -0.2) is 19.7 Å². The fourth-order valence-electron chi connectivity index (χ4n) is 2.54. The predicted molar refractivity (Wildman–Crippen MR) is 95.2 cm³/mol. The van der Waals surface area contributed by atoms with Crippen LogP contribution in [0.3, 0.4) is 0 Å². The van der Waals surface area contributed by atoms with Crippen molar-refractivity contribution in [3.63, 3.8) is 0 Å². The van der Waals surface area contributed by atoms with Crippen molar-refractivity contribution in [2.75, 3.05) is 13.2 Å². The van der Waals surface area contributed by atoms with Crippen LogP contribution in [0.1, 0.15) is 30.0 Å². The summed E-state index contributed by atoms with van der Waals surface area (Å²) in [6.45, 7) is 5.60. The summed E-state index contributed by atoms with van der Waals surface area (Å²) in [5.41, 5.74) is 1.26. The van der Waals surface area contributed by atoms with Crippen molar-refractivity contribution < 1.29 is 19.2 Å². The second kappa shape index (κ2) is 7.36. The van der Waals surface area contributed by atoms with E-state index in [0.717, 1.165) is 0 Å². The number of rotatable bonds is 6. The highest BCUT2D eigenvalue weighted by Gasteiger charge is 2.23. The van der Waals surface area contributed by atoms with Gasteiger partial charge in [-0.1, -0.05) is 0 Å². The largest absolute Gasteiger partial charge is 0.476 e. The second-order valence-corrected chi connectivity index (χ2v) is 5.54. The zero-order chi connectivity index (χ0) is 19.6. The van der Waals surface area contributed by atoms with E-state index in [0.29, 0.717) is 11.2 Å². The summed E-state index contributed by atoms with van der Waals surface area (Å²) in [5.74, 6) is -0.697. The smallest absolute Gasteiger partial charge is 0.362 e. The minimum absolute atomic E-state index is 0.0241. The molecule has 0 bridgehead atoms. The number of nitro groups is 1. The van der Waals surface area contributed by atoms with E-state index in [2.05, 4.69) is 15.0 Å². The van der Waals surface area contributed by atoms with Gasteiger partial charge in [0, 0.05) is 12.3 Å². The van der Waals surface area contributed by atoms with Crippen molar-refractivity contribution in [3.05, 3.63) is 46.2 Å². The lowest BCUT2D eigenvalue weighted by molar-refractivity contribution is -0.384. The Bertz CT molecular complexity index is 1030. The molecule has 10 heteroatoms. The number of esters is 1. The second-order valence-electron chi connectivity index (χ2n) is 5.54. The van der Waals surface area contributed by atoms with Gasteiger partial charge in [-0.05, 0) is 26.8 Å². The number of aromatic nitrogens is 4. The third-order valence-electron chi connectivity index (χ3n) is 3.66. The van der Waals surface area contributed by atoms with Gasteiger partial charge in [-0.15, -0.1) is 0 Å². The Morgan fingerprint density at radius 2 is 1.96 bits per heavy atom. The molecule has 0 radical (unpaired) electrons. The molecule has 0 amide bonds. The third kappa shape index (κ3) is 3.54. The number of carbonyl (C=O) groups is 1. The molecule has 10 nitrogen and oxygen atoms in total. The van der Waals surface area contributed by atoms with E-state index in [4.69, 9.17) is 9.47 Å². The van der Waals surface area contributed by atoms with Gasteiger partial charge in [0.05, 0.1) is 41.2 Å². The molecule has 3 aromatic rings. The van der Waals surface area contributed by atoms with Crippen molar-refractivity contribution in [1.29, 1.82) is 0 Å². The first kappa shape index (κ1) is 18.2. The van der Waals surface area contributed by atoms with Crippen LogP contribution in [0.4, 0.5) is 5.69 Å². The maximum Gasteiger partial charge on any atom is 0.362 e. The van der Waals surface area contributed by atoms with Gasteiger partial charge in [0.2, 0.25) is 11.6 Å². The first-order valence-corrected chi connectivity index (χ1v) is 8.25. The quantitative estimate of drug-likeness (QED) is 0.368. The molecule has 0 spiro atoms.